The van der Waals surface area contributed by atoms with Crippen LogP contribution in [0.1, 0.15) is 381 Å². The molecule has 3 N–H and O–H groups in total. The zero-order valence-electron chi connectivity index (χ0n) is 59.7. The van der Waals surface area contributed by atoms with E-state index in [1.54, 1.807) is 0 Å². The van der Waals surface area contributed by atoms with E-state index < -0.39 is 97.5 Å². The lowest BCUT2D eigenvalue weighted by Crippen LogP contribution is -2.30. The van der Waals surface area contributed by atoms with Crippen molar-refractivity contribution in [2.75, 3.05) is 39.6 Å². The Morgan fingerprint density at radius 1 is 0.304 bits per heavy atom. The highest BCUT2D eigenvalue weighted by molar-refractivity contribution is 7.47. The van der Waals surface area contributed by atoms with Crippen LogP contribution in [-0.4, -0.2) is 96.7 Å². The van der Waals surface area contributed by atoms with Gasteiger partial charge in [0, 0.05) is 25.7 Å². The third kappa shape index (κ3) is 65.4. The molecule has 0 aromatic rings. The number of aliphatic hydroxyl groups excluding tert-OH is 1. The Balaban J connectivity index is 5.09. The molecule has 0 heterocycles. The predicted octanol–water partition coefficient (Wildman–Crippen LogP) is 21.3. The number of carbonyl (C=O) groups excluding carboxylic acids is 4. The maximum absolute atomic E-state index is 13.1. The number of hydrogen-bond acceptors (Lipinski definition) is 15. The molecule has 0 bridgehead atoms. The van der Waals surface area contributed by atoms with Gasteiger partial charge in [-0.2, -0.15) is 0 Å². The highest BCUT2D eigenvalue weighted by Crippen LogP contribution is 2.45. The predicted molar refractivity (Wildman–Crippen MR) is 372 cm³/mol. The Morgan fingerprint density at radius 2 is 0.522 bits per heavy atom. The SMILES string of the molecule is CCCCCCCCCCCCCCCCCCC(=O)OC[C@H](COP(=O)(O)OC[C@@H](O)COP(=O)(O)OC[C@@H](COC(=O)CCCCCCC)OC(=O)CCCCCCCCCCC)OC(=O)CCCCCCCCCCCCCCCCCCCCC(C)CC. The molecular weight excluding hydrogens is 1210 g/mol. The third-order valence-corrected chi connectivity index (χ3v) is 19.3. The minimum atomic E-state index is -4.95. The Bertz CT molecular complexity index is 1770. The highest BCUT2D eigenvalue weighted by Gasteiger charge is 2.30. The Morgan fingerprint density at radius 3 is 0.772 bits per heavy atom. The van der Waals surface area contributed by atoms with Crippen molar-refractivity contribution in [1.29, 1.82) is 0 Å². The first-order chi connectivity index (χ1) is 44.6. The second-order valence-corrected chi connectivity index (χ2v) is 29.5. The summed E-state index contributed by atoms with van der Waals surface area (Å²) in [6.07, 6.45) is 54.6. The van der Waals surface area contributed by atoms with Crippen molar-refractivity contribution in [2.24, 2.45) is 5.92 Å². The Hall–Kier alpha value is -1.94. The van der Waals surface area contributed by atoms with E-state index in [0.717, 1.165) is 102 Å². The fourth-order valence-electron chi connectivity index (χ4n) is 11.1. The first-order valence-electron chi connectivity index (χ1n) is 38.2. The van der Waals surface area contributed by atoms with Gasteiger partial charge in [0.05, 0.1) is 26.4 Å². The van der Waals surface area contributed by atoms with Crippen LogP contribution in [-0.2, 0) is 65.4 Å². The van der Waals surface area contributed by atoms with E-state index in [0.29, 0.717) is 25.7 Å². The summed E-state index contributed by atoms with van der Waals surface area (Å²) in [5.74, 6) is -1.26. The van der Waals surface area contributed by atoms with E-state index in [9.17, 15) is 43.2 Å². The number of carbonyl (C=O) groups is 4. The molecule has 546 valence electrons. The Labute approximate surface area is 562 Å². The summed E-state index contributed by atoms with van der Waals surface area (Å²) in [6.45, 7) is 7.23. The number of aliphatic hydroxyl groups is 1. The van der Waals surface area contributed by atoms with Crippen LogP contribution in [0.2, 0.25) is 0 Å². The van der Waals surface area contributed by atoms with Gasteiger partial charge in [-0.3, -0.25) is 37.3 Å². The smallest absolute Gasteiger partial charge is 0.462 e. The number of hydrogen-bond donors (Lipinski definition) is 3. The lowest BCUT2D eigenvalue weighted by atomic mass is 9.99. The summed E-state index contributed by atoms with van der Waals surface area (Å²) in [7, 11) is -9.89. The van der Waals surface area contributed by atoms with Crippen molar-refractivity contribution >= 4 is 39.5 Å². The van der Waals surface area contributed by atoms with Gasteiger partial charge in [-0.15, -0.1) is 0 Å². The maximum atomic E-state index is 13.1. The summed E-state index contributed by atoms with van der Waals surface area (Å²) < 4.78 is 68.1. The molecule has 0 spiro atoms. The number of phosphoric ester groups is 2. The van der Waals surface area contributed by atoms with Gasteiger partial charge < -0.3 is 33.8 Å². The van der Waals surface area contributed by atoms with Gasteiger partial charge in [-0.1, -0.05) is 330 Å². The molecule has 0 aliphatic carbocycles. The molecule has 0 saturated heterocycles. The molecule has 17 nitrogen and oxygen atoms in total. The summed E-state index contributed by atoms with van der Waals surface area (Å²) in [6, 6.07) is 0. The minimum Gasteiger partial charge on any atom is -0.462 e. The van der Waals surface area contributed by atoms with Gasteiger partial charge in [0.2, 0.25) is 0 Å². The molecule has 3 unspecified atom stereocenters. The lowest BCUT2D eigenvalue weighted by Gasteiger charge is -2.21. The van der Waals surface area contributed by atoms with Crippen molar-refractivity contribution < 1.29 is 80.2 Å². The first-order valence-corrected chi connectivity index (χ1v) is 41.2. The third-order valence-electron chi connectivity index (χ3n) is 17.4. The molecule has 0 saturated carbocycles. The average Bonchev–Trinajstić information content (AvgIpc) is 1.70. The van der Waals surface area contributed by atoms with Gasteiger partial charge in [-0.05, 0) is 31.6 Å². The van der Waals surface area contributed by atoms with Gasteiger partial charge >= 0.3 is 39.5 Å². The zero-order valence-corrected chi connectivity index (χ0v) is 61.5. The molecule has 0 radical (unpaired) electrons. The molecule has 0 aliphatic rings. The largest absolute Gasteiger partial charge is 0.472 e. The van der Waals surface area contributed by atoms with Crippen LogP contribution in [0.5, 0.6) is 0 Å². The van der Waals surface area contributed by atoms with E-state index >= 15 is 0 Å². The van der Waals surface area contributed by atoms with Crippen LogP contribution in [0.3, 0.4) is 0 Å². The molecule has 6 atom stereocenters. The number of unbranched alkanes of at least 4 members (excludes halogenated alkanes) is 44. The second-order valence-electron chi connectivity index (χ2n) is 26.6. The molecule has 19 heteroatoms. The van der Waals surface area contributed by atoms with Gasteiger partial charge in [0.25, 0.3) is 0 Å². The van der Waals surface area contributed by atoms with Crippen LogP contribution < -0.4 is 0 Å². The van der Waals surface area contributed by atoms with Crippen LogP contribution in [0, 0.1) is 5.92 Å². The van der Waals surface area contributed by atoms with E-state index in [1.807, 2.05) is 0 Å². The molecule has 0 aromatic carbocycles. The standard InChI is InChI=1S/C73H142O17P2/c1-6-10-13-16-18-20-21-22-23-29-32-35-39-42-47-52-57-71(76)84-63-69(90-73(78)59-54-49-44-40-36-33-30-27-25-24-26-28-31-34-38-41-46-50-55-66(5)9-4)65-88-92(81,82)86-61-67(74)60-85-91(79,80)87-64-68(62-83-70(75)56-51-45-15-12-8-3)89-72(77)58-53-48-43-37-19-17-14-11-7-2/h66-69,74H,6-65H2,1-5H3,(H,79,80)(H,81,82)/t66?,67-,68+,69+/m0/s1. The fraction of sp³-hybridized carbons (Fsp3) is 0.945. The topological polar surface area (TPSA) is 237 Å². The quantitative estimate of drug-likeness (QED) is 0.0222. The minimum absolute atomic E-state index is 0.105. The van der Waals surface area contributed by atoms with Gasteiger partial charge in [0.15, 0.2) is 12.2 Å². The normalized spacial score (nSPS) is 14.3. The van der Waals surface area contributed by atoms with Crippen molar-refractivity contribution in [2.45, 2.75) is 400 Å². The number of phosphoric acid groups is 2. The van der Waals surface area contributed by atoms with Crippen LogP contribution in [0.15, 0.2) is 0 Å². The van der Waals surface area contributed by atoms with E-state index in [4.69, 9.17) is 37.0 Å². The van der Waals surface area contributed by atoms with Crippen molar-refractivity contribution in [1.82, 2.24) is 0 Å². The number of esters is 4. The molecule has 0 aliphatic heterocycles. The van der Waals surface area contributed by atoms with Gasteiger partial charge in [-0.25, -0.2) is 9.13 Å². The lowest BCUT2D eigenvalue weighted by molar-refractivity contribution is -0.161. The monoisotopic (exact) mass is 1350 g/mol. The van der Waals surface area contributed by atoms with Gasteiger partial charge in [0.1, 0.15) is 19.3 Å². The van der Waals surface area contributed by atoms with Crippen molar-refractivity contribution in [3.05, 3.63) is 0 Å². The number of ether oxygens (including phenoxy) is 4. The van der Waals surface area contributed by atoms with E-state index in [-0.39, 0.29) is 25.7 Å². The molecule has 0 rings (SSSR count). The fourth-order valence-corrected chi connectivity index (χ4v) is 12.7. The second kappa shape index (κ2) is 66.3. The van der Waals surface area contributed by atoms with Crippen LogP contribution >= 0.6 is 15.6 Å². The highest BCUT2D eigenvalue weighted by atomic mass is 31.2. The molecule has 0 amide bonds. The Kier molecular flexibility index (Phi) is 64.9. The van der Waals surface area contributed by atoms with Crippen molar-refractivity contribution in [3.8, 4) is 0 Å². The van der Waals surface area contributed by atoms with Crippen LogP contribution in [0.25, 0.3) is 0 Å². The summed E-state index contributed by atoms with van der Waals surface area (Å²) >= 11 is 0. The summed E-state index contributed by atoms with van der Waals surface area (Å²) in [4.78, 5) is 72.3. The van der Waals surface area contributed by atoms with Crippen LogP contribution in [0.4, 0.5) is 0 Å². The van der Waals surface area contributed by atoms with E-state index in [1.165, 1.54) is 199 Å². The average molecular weight is 1350 g/mol. The molecule has 0 fully saturated rings. The van der Waals surface area contributed by atoms with Crippen molar-refractivity contribution in [3.63, 3.8) is 0 Å². The maximum Gasteiger partial charge on any atom is 0.472 e. The first kappa shape index (κ1) is 90.1. The molecule has 92 heavy (non-hydrogen) atoms. The van der Waals surface area contributed by atoms with E-state index in [2.05, 4.69) is 34.6 Å². The molecular formula is C73H142O17P2. The summed E-state index contributed by atoms with van der Waals surface area (Å²) in [5, 5.41) is 10.6. The number of rotatable bonds is 73. The summed E-state index contributed by atoms with van der Waals surface area (Å²) in [5.41, 5.74) is 0. The zero-order chi connectivity index (χ0) is 67.7. The molecule has 0 aromatic heterocycles.